The molecule has 0 aromatic heterocycles. The van der Waals surface area contributed by atoms with E-state index in [2.05, 4.69) is 5.32 Å². The number of rotatable bonds is 3. The normalized spacial score (nSPS) is 9.50. The summed E-state index contributed by atoms with van der Waals surface area (Å²) in [5, 5.41) is 10.6. The van der Waals surface area contributed by atoms with Crippen molar-refractivity contribution in [2.45, 2.75) is 13.5 Å². The molecule has 0 saturated carbocycles. The first kappa shape index (κ1) is 10.2. The Morgan fingerprint density at radius 3 is 2.29 bits per heavy atom. The predicted molar refractivity (Wildman–Crippen MR) is 51.3 cm³/mol. The molecule has 1 rings (SSSR count). The van der Waals surface area contributed by atoms with E-state index in [4.69, 9.17) is 5.11 Å². The van der Waals surface area contributed by atoms with E-state index in [1.54, 1.807) is 24.3 Å². The Morgan fingerprint density at radius 2 is 1.86 bits per heavy atom. The van der Waals surface area contributed by atoms with Crippen molar-refractivity contribution >= 4 is 11.9 Å². The van der Waals surface area contributed by atoms with E-state index >= 15 is 0 Å². The molecule has 0 saturated heterocycles. The Hall–Kier alpha value is -1.84. The highest BCUT2D eigenvalue weighted by molar-refractivity contribution is 5.94. The lowest BCUT2D eigenvalue weighted by molar-refractivity contribution is 0.101. The van der Waals surface area contributed by atoms with Crippen LogP contribution in [0.4, 0.5) is 4.79 Å². The van der Waals surface area contributed by atoms with Crippen molar-refractivity contribution < 1.29 is 14.7 Å². The second kappa shape index (κ2) is 4.41. The Kier molecular flexibility index (Phi) is 3.23. The van der Waals surface area contributed by atoms with E-state index in [9.17, 15) is 9.59 Å². The summed E-state index contributed by atoms with van der Waals surface area (Å²) in [6, 6.07) is 6.82. The van der Waals surface area contributed by atoms with Gasteiger partial charge in [-0.2, -0.15) is 0 Å². The maximum atomic E-state index is 10.9. The van der Waals surface area contributed by atoms with Crippen LogP contribution < -0.4 is 5.32 Å². The summed E-state index contributed by atoms with van der Waals surface area (Å²) in [6.45, 7) is 1.75. The summed E-state index contributed by atoms with van der Waals surface area (Å²) in [6.07, 6.45) is -1.05. The average molecular weight is 193 g/mol. The fourth-order valence-corrected chi connectivity index (χ4v) is 1.03. The Labute approximate surface area is 81.6 Å². The van der Waals surface area contributed by atoms with Gasteiger partial charge in [0, 0.05) is 12.1 Å². The fourth-order valence-electron chi connectivity index (χ4n) is 1.03. The third-order valence-electron chi connectivity index (χ3n) is 1.80. The van der Waals surface area contributed by atoms with Gasteiger partial charge in [-0.05, 0) is 12.5 Å². The highest BCUT2D eigenvalue weighted by Gasteiger charge is 1.99. The molecule has 2 N–H and O–H groups in total. The predicted octanol–water partition coefficient (Wildman–Crippen LogP) is 1.66. The zero-order chi connectivity index (χ0) is 10.6. The van der Waals surface area contributed by atoms with Crippen LogP contribution in [0, 0.1) is 0 Å². The van der Waals surface area contributed by atoms with Crippen LogP contribution in [0.15, 0.2) is 24.3 Å². The summed E-state index contributed by atoms with van der Waals surface area (Å²) < 4.78 is 0. The molecule has 0 radical (unpaired) electrons. The number of benzene rings is 1. The Balaban J connectivity index is 2.64. The summed E-state index contributed by atoms with van der Waals surface area (Å²) in [4.78, 5) is 21.1. The van der Waals surface area contributed by atoms with Crippen molar-refractivity contribution in [2.24, 2.45) is 0 Å². The molecule has 0 aliphatic rings. The summed E-state index contributed by atoms with van der Waals surface area (Å²) in [5.74, 6) is 0.00254. The van der Waals surface area contributed by atoms with Gasteiger partial charge in [-0.3, -0.25) is 4.79 Å². The molecule has 0 atom stereocenters. The van der Waals surface area contributed by atoms with Crippen LogP contribution in [0.2, 0.25) is 0 Å². The topological polar surface area (TPSA) is 66.4 Å². The van der Waals surface area contributed by atoms with Gasteiger partial charge in [0.2, 0.25) is 0 Å². The number of hydrogen-bond donors (Lipinski definition) is 2. The third-order valence-corrected chi connectivity index (χ3v) is 1.80. The summed E-state index contributed by atoms with van der Waals surface area (Å²) in [5.41, 5.74) is 1.46. The quantitative estimate of drug-likeness (QED) is 0.717. The van der Waals surface area contributed by atoms with Crippen LogP contribution in [0.3, 0.4) is 0 Å². The highest BCUT2D eigenvalue weighted by Crippen LogP contribution is 2.04. The second-order valence-corrected chi connectivity index (χ2v) is 2.91. The number of hydrogen-bond acceptors (Lipinski definition) is 2. The monoisotopic (exact) mass is 193 g/mol. The van der Waals surface area contributed by atoms with Gasteiger partial charge < -0.3 is 10.4 Å². The molecule has 0 spiro atoms. The van der Waals surface area contributed by atoms with Crippen molar-refractivity contribution in [3.8, 4) is 0 Å². The number of nitrogens with one attached hydrogen (secondary N) is 1. The molecule has 1 amide bonds. The summed E-state index contributed by atoms with van der Waals surface area (Å²) >= 11 is 0. The first-order valence-electron chi connectivity index (χ1n) is 4.16. The molecule has 0 fully saturated rings. The van der Waals surface area contributed by atoms with Gasteiger partial charge >= 0.3 is 6.09 Å². The van der Waals surface area contributed by atoms with Crippen LogP contribution in [0.25, 0.3) is 0 Å². The zero-order valence-corrected chi connectivity index (χ0v) is 7.78. The molecule has 0 bridgehead atoms. The third kappa shape index (κ3) is 2.90. The van der Waals surface area contributed by atoms with Crippen molar-refractivity contribution in [2.75, 3.05) is 0 Å². The van der Waals surface area contributed by atoms with Gasteiger partial charge in [0.1, 0.15) is 0 Å². The van der Waals surface area contributed by atoms with Gasteiger partial charge in [-0.15, -0.1) is 0 Å². The highest BCUT2D eigenvalue weighted by atomic mass is 16.4. The molecule has 14 heavy (non-hydrogen) atoms. The Bertz CT molecular complexity index is 343. The number of ketones is 1. The van der Waals surface area contributed by atoms with E-state index in [-0.39, 0.29) is 12.3 Å². The first-order chi connectivity index (χ1) is 6.59. The van der Waals surface area contributed by atoms with Crippen molar-refractivity contribution in [1.82, 2.24) is 5.32 Å². The number of carbonyl (C=O) groups excluding carboxylic acids is 1. The Morgan fingerprint density at radius 1 is 1.29 bits per heavy atom. The van der Waals surface area contributed by atoms with Gasteiger partial charge in [0.15, 0.2) is 5.78 Å². The lowest BCUT2D eigenvalue weighted by Gasteiger charge is -2.01. The smallest absolute Gasteiger partial charge is 0.404 e. The molecule has 0 unspecified atom stereocenters. The van der Waals surface area contributed by atoms with E-state index < -0.39 is 6.09 Å². The minimum atomic E-state index is -1.05. The van der Waals surface area contributed by atoms with Crippen molar-refractivity contribution in [3.05, 3.63) is 35.4 Å². The van der Waals surface area contributed by atoms with Crippen LogP contribution in [0.5, 0.6) is 0 Å². The van der Waals surface area contributed by atoms with Gasteiger partial charge in [0.25, 0.3) is 0 Å². The number of amides is 1. The second-order valence-electron chi connectivity index (χ2n) is 2.91. The minimum Gasteiger partial charge on any atom is -0.465 e. The first-order valence-corrected chi connectivity index (χ1v) is 4.16. The van der Waals surface area contributed by atoms with Crippen LogP contribution in [-0.2, 0) is 6.54 Å². The SMILES string of the molecule is CC(=O)c1ccc(CNC(=O)O)cc1. The van der Waals surface area contributed by atoms with Gasteiger partial charge in [-0.1, -0.05) is 24.3 Å². The average Bonchev–Trinajstić information content (AvgIpc) is 2.15. The van der Waals surface area contributed by atoms with Gasteiger partial charge in [-0.25, -0.2) is 4.79 Å². The number of carboxylic acid groups (broad SMARTS) is 1. The maximum absolute atomic E-state index is 10.9. The molecule has 0 heterocycles. The van der Waals surface area contributed by atoms with E-state index in [1.165, 1.54) is 6.92 Å². The largest absolute Gasteiger partial charge is 0.465 e. The van der Waals surface area contributed by atoms with Crippen molar-refractivity contribution in [1.29, 1.82) is 0 Å². The molecule has 0 aliphatic carbocycles. The van der Waals surface area contributed by atoms with Crippen LogP contribution in [0.1, 0.15) is 22.8 Å². The molecular weight excluding hydrogens is 182 g/mol. The molecule has 1 aromatic rings. The maximum Gasteiger partial charge on any atom is 0.404 e. The molecule has 0 aliphatic heterocycles. The molecule has 74 valence electrons. The standard InChI is InChI=1S/C10H11NO3/c1-7(12)9-4-2-8(3-5-9)6-11-10(13)14/h2-5,11H,6H2,1H3,(H,13,14). The lowest BCUT2D eigenvalue weighted by atomic mass is 10.1. The molecule has 4 nitrogen and oxygen atoms in total. The van der Waals surface area contributed by atoms with Crippen LogP contribution >= 0.6 is 0 Å². The van der Waals surface area contributed by atoms with Crippen LogP contribution in [-0.4, -0.2) is 17.0 Å². The zero-order valence-electron chi connectivity index (χ0n) is 7.78. The minimum absolute atomic E-state index is 0.00254. The molecule has 1 aromatic carbocycles. The van der Waals surface area contributed by atoms with Gasteiger partial charge in [0.05, 0.1) is 0 Å². The summed E-state index contributed by atoms with van der Waals surface area (Å²) in [7, 11) is 0. The fraction of sp³-hybridized carbons (Fsp3) is 0.200. The lowest BCUT2D eigenvalue weighted by Crippen LogP contribution is -2.19. The molecule has 4 heteroatoms. The van der Waals surface area contributed by atoms with E-state index in [1.807, 2.05) is 0 Å². The van der Waals surface area contributed by atoms with E-state index in [0.29, 0.717) is 5.56 Å². The molecular formula is C10H11NO3. The van der Waals surface area contributed by atoms with E-state index in [0.717, 1.165) is 5.56 Å². The number of Topliss-reactive ketones (excluding diaryl/α,β-unsaturated/α-hetero) is 1. The van der Waals surface area contributed by atoms with Crippen molar-refractivity contribution in [3.63, 3.8) is 0 Å². The number of carbonyl (C=O) groups is 2.